The second kappa shape index (κ2) is 9.27. The number of carbonyl (C=O) groups excluding carboxylic acids is 1. The van der Waals surface area contributed by atoms with Gasteiger partial charge in [-0.05, 0) is 73.3 Å². The molecule has 3 rings (SSSR count). The van der Waals surface area contributed by atoms with E-state index in [-0.39, 0.29) is 11.9 Å². The monoisotopic (exact) mass is 379 g/mol. The van der Waals surface area contributed by atoms with E-state index in [0.29, 0.717) is 5.92 Å². The van der Waals surface area contributed by atoms with E-state index in [1.807, 2.05) is 25.1 Å². The van der Waals surface area contributed by atoms with Crippen LogP contribution in [0.15, 0.2) is 42.5 Å². The van der Waals surface area contributed by atoms with Crippen LogP contribution >= 0.6 is 0 Å². The quantitative estimate of drug-likeness (QED) is 0.668. The molecule has 0 spiro atoms. The number of benzene rings is 2. The molecular formula is C25H33NO2. The minimum Gasteiger partial charge on any atom is -0.481 e. The number of nitrogens with one attached hydrogen (secondary N) is 1. The van der Waals surface area contributed by atoms with E-state index in [0.717, 1.165) is 24.2 Å². The highest BCUT2D eigenvalue weighted by atomic mass is 16.5. The molecule has 28 heavy (non-hydrogen) atoms. The van der Waals surface area contributed by atoms with Gasteiger partial charge < -0.3 is 10.1 Å². The first-order chi connectivity index (χ1) is 13.5. The number of para-hydroxylation sites is 1. The Morgan fingerprint density at radius 1 is 1.04 bits per heavy atom. The van der Waals surface area contributed by atoms with Crippen molar-refractivity contribution < 1.29 is 9.53 Å². The third kappa shape index (κ3) is 4.76. The molecule has 1 aliphatic rings. The Morgan fingerprint density at radius 2 is 1.75 bits per heavy atom. The van der Waals surface area contributed by atoms with Crippen molar-refractivity contribution in [2.45, 2.75) is 77.9 Å². The summed E-state index contributed by atoms with van der Waals surface area (Å²) in [5.41, 5.74) is 5.25. The number of carbonyl (C=O) groups is 1. The number of aryl methyl sites for hydroxylation is 2. The van der Waals surface area contributed by atoms with Crippen LogP contribution in [0.2, 0.25) is 0 Å². The van der Waals surface area contributed by atoms with E-state index in [1.165, 1.54) is 36.0 Å². The maximum atomic E-state index is 12.8. The number of fused-ring (bicyclic) bond motifs is 1. The molecular weight excluding hydrogens is 346 g/mol. The summed E-state index contributed by atoms with van der Waals surface area (Å²) < 4.78 is 6.03. The van der Waals surface area contributed by atoms with Crippen molar-refractivity contribution in [2.24, 2.45) is 0 Å². The van der Waals surface area contributed by atoms with E-state index in [2.05, 4.69) is 50.4 Å². The lowest BCUT2D eigenvalue weighted by Crippen LogP contribution is -2.38. The van der Waals surface area contributed by atoms with Crippen LogP contribution < -0.4 is 10.1 Å². The molecule has 0 aromatic heterocycles. The van der Waals surface area contributed by atoms with Crippen LogP contribution in [0.5, 0.6) is 5.75 Å². The third-order valence-corrected chi connectivity index (χ3v) is 5.71. The molecule has 0 saturated heterocycles. The van der Waals surface area contributed by atoms with Gasteiger partial charge in [-0.25, -0.2) is 0 Å². The Morgan fingerprint density at radius 3 is 2.46 bits per heavy atom. The summed E-state index contributed by atoms with van der Waals surface area (Å²) in [7, 11) is 0. The standard InChI is InChI=1S/C25H33NO2/c1-5-23(21-15-14-19-10-6-7-11-20(19)16-21)26-25(27)18(4)28-24-13-9-8-12-22(24)17(2)3/h8-9,12-18,23H,5-7,10-11H2,1-4H3,(H,26,27)/t18-,23+/m1/s1. The van der Waals surface area contributed by atoms with Crippen LogP contribution in [0, 0.1) is 0 Å². The zero-order valence-corrected chi connectivity index (χ0v) is 17.6. The van der Waals surface area contributed by atoms with Crippen molar-refractivity contribution in [1.29, 1.82) is 0 Å². The van der Waals surface area contributed by atoms with E-state index in [4.69, 9.17) is 4.74 Å². The van der Waals surface area contributed by atoms with E-state index < -0.39 is 6.10 Å². The number of amides is 1. The van der Waals surface area contributed by atoms with Crippen molar-refractivity contribution in [1.82, 2.24) is 5.32 Å². The van der Waals surface area contributed by atoms with E-state index in [9.17, 15) is 4.79 Å². The molecule has 1 aliphatic carbocycles. The molecule has 2 aromatic carbocycles. The predicted molar refractivity (Wildman–Crippen MR) is 115 cm³/mol. The molecule has 3 nitrogen and oxygen atoms in total. The Bertz CT molecular complexity index is 812. The fourth-order valence-electron chi connectivity index (χ4n) is 3.99. The van der Waals surface area contributed by atoms with Crippen molar-refractivity contribution in [3.8, 4) is 5.75 Å². The van der Waals surface area contributed by atoms with Crippen molar-refractivity contribution >= 4 is 5.91 Å². The highest BCUT2D eigenvalue weighted by molar-refractivity contribution is 5.81. The highest BCUT2D eigenvalue weighted by Gasteiger charge is 2.21. The minimum absolute atomic E-state index is 0.0196. The first kappa shape index (κ1) is 20.4. The number of ether oxygens (including phenoxy) is 1. The van der Waals surface area contributed by atoms with E-state index >= 15 is 0 Å². The molecule has 3 heteroatoms. The molecule has 0 unspecified atom stereocenters. The van der Waals surface area contributed by atoms with Crippen molar-refractivity contribution in [3.63, 3.8) is 0 Å². The molecule has 0 bridgehead atoms. The van der Waals surface area contributed by atoms with Gasteiger partial charge in [-0.1, -0.05) is 57.2 Å². The van der Waals surface area contributed by atoms with Crippen LogP contribution in [-0.2, 0) is 17.6 Å². The van der Waals surface area contributed by atoms with Gasteiger partial charge in [-0.15, -0.1) is 0 Å². The second-order valence-corrected chi connectivity index (χ2v) is 8.16. The molecule has 0 radical (unpaired) electrons. The third-order valence-electron chi connectivity index (χ3n) is 5.71. The van der Waals surface area contributed by atoms with Gasteiger partial charge in [0.05, 0.1) is 6.04 Å². The largest absolute Gasteiger partial charge is 0.481 e. The lowest BCUT2D eigenvalue weighted by Gasteiger charge is -2.24. The van der Waals surface area contributed by atoms with Gasteiger partial charge in [0.1, 0.15) is 5.75 Å². The predicted octanol–water partition coefficient (Wildman–Crippen LogP) is 5.72. The van der Waals surface area contributed by atoms with Crippen LogP contribution in [0.4, 0.5) is 0 Å². The normalized spacial score (nSPS) is 15.6. The van der Waals surface area contributed by atoms with Gasteiger partial charge in [0, 0.05) is 0 Å². The highest BCUT2D eigenvalue weighted by Crippen LogP contribution is 2.28. The molecule has 150 valence electrons. The summed E-state index contributed by atoms with van der Waals surface area (Å²) in [5, 5.41) is 3.19. The van der Waals surface area contributed by atoms with Crippen LogP contribution in [0.25, 0.3) is 0 Å². The maximum Gasteiger partial charge on any atom is 0.261 e. The summed E-state index contributed by atoms with van der Waals surface area (Å²) >= 11 is 0. The minimum atomic E-state index is -0.536. The molecule has 0 heterocycles. The Labute approximate surface area is 169 Å². The molecule has 2 aromatic rings. The lowest BCUT2D eigenvalue weighted by atomic mass is 9.89. The molecule has 0 aliphatic heterocycles. The van der Waals surface area contributed by atoms with Gasteiger partial charge in [-0.3, -0.25) is 4.79 Å². The SMILES string of the molecule is CC[C@H](NC(=O)[C@@H](C)Oc1ccccc1C(C)C)c1ccc2c(c1)CCCC2. The topological polar surface area (TPSA) is 38.3 Å². The Kier molecular flexibility index (Phi) is 6.77. The van der Waals surface area contributed by atoms with Gasteiger partial charge in [-0.2, -0.15) is 0 Å². The van der Waals surface area contributed by atoms with Crippen molar-refractivity contribution in [2.75, 3.05) is 0 Å². The average Bonchev–Trinajstić information content (AvgIpc) is 2.71. The van der Waals surface area contributed by atoms with Gasteiger partial charge in [0.25, 0.3) is 5.91 Å². The molecule has 0 saturated carbocycles. The molecule has 2 atom stereocenters. The molecule has 1 N–H and O–H groups in total. The van der Waals surface area contributed by atoms with Crippen LogP contribution in [-0.4, -0.2) is 12.0 Å². The maximum absolute atomic E-state index is 12.8. The molecule has 0 fully saturated rings. The lowest BCUT2D eigenvalue weighted by molar-refractivity contribution is -0.128. The fourth-order valence-corrected chi connectivity index (χ4v) is 3.99. The Balaban J connectivity index is 1.68. The Hall–Kier alpha value is -2.29. The first-order valence-corrected chi connectivity index (χ1v) is 10.7. The van der Waals surface area contributed by atoms with E-state index in [1.54, 1.807) is 0 Å². The summed E-state index contributed by atoms with van der Waals surface area (Å²) in [6.45, 7) is 8.21. The second-order valence-electron chi connectivity index (χ2n) is 8.16. The summed E-state index contributed by atoms with van der Waals surface area (Å²) in [6.07, 6.45) is 5.21. The van der Waals surface area contributed by atoms with Gasteiger partial charge in [0.15, 0.2) is 6.10 Å². The van der Waals surface area contributed by atoms with Crippen LogP contribution in [0.1, 0.15) is 81.2 Å². The average molecular weight is 380 g/mol. The van der Waals surface area contributed by atoms with Crippen LogP contribution in [0.3, 0.4) is 0 Å². The zero-order chi connectivity index (χ0) is 20.1. The first-order valence-electron chi connectivity index (χ1n) is 10.7. The fraction of sp³-hybridized carbons (Fsp3) is 0.480. The van der Waals surface area contributed by atoms with Crippen molar-refractivity contribution in [3.05, 3.63) is 64.7 Å². The zero-order valence-electron chi connectivity index (χ0n) is 17.6. The van der Waals surface area contributed by atoms with Gasteiger partial charge in [0.2, 0.25) is 0 Å². The number of hydrogen-bond acceptors (Lipinski definition) is 2. The smallest absolute Gasteiger partial charge is 0.261 e. The number of hydrogen-bond donors (Lipinski definition) is 1. The van der Waals surface area contributed by atoms with Gasteiger partial charge >= 0.3 is 0 Å². The number of rotatable bonds is 7. The summed E-state index contributed by atoms with van der Waals surface area (Å²) in [6, 6.07) is 14.7. The summed E-state index contributed by atoms with van der Waals surface area (Å²) in [5.74, 6) is 1.08. The summed E-state index contributed by atoms with van der Waals surface area (Å²) in [4.78, 5) is 12.8. The molecule has 1 amide bonds.